The Morgan fingerprint density at radius 2 is 2.30 bits per heavy atom. The zero-order valence-corrected chi connectivity index (χ0v) is 12.2. The molecule has 0 aliphatic carbocycles. The molecule has 0 saturated carbocycles. The number of nitrogens with one attached hydrogen (secondary N) is 1. The predicted molar refractivity (Wildman–Crippen MR) is 76.2 cm³/mol. The number of hydrogen-bond acceptors (Lipinski definition) is 5. The number of nitriles is 1. The summed E-state index contributed by atoms with van der Waals surface area (Å²) >= 11 is 0. The van der Waals surface area contributed by atoms with E-state index >= 15 is 0 Å². The molecular weight excluding hydrogens is 276 g/mol. The lowest BCUT2D eigenvalue weighted by molar-refractivity contribution is 0.412. The van der Waals surface area contributed by atoms with Gasteiger partial charge < -0.3 is 10.1 Å². The van der Waals surface area contributed by atoms with Gasteiger partial charge in [-0.15, -0.1) is 0 Å². The van der Waals surface area contributed by atoms with Crippen LogP contribution in [0.3, 0.4) is 0 Å². The standard InChI is InChI=1S/C14H18N2O3S/c1-19-14-7-11(4-5-12(14)8-15)9-16-10-13-3-2-6-20(13,17)18/h4-5,7,13,16H,2-3,6,9-10H2,1H3. The van der Waals surface area contributed by atoms with Crippen molar-refractivity contribution in [1.29, 1.82) is 5.26 Å². The number of methoxy groups -OCH3 is 1. The highest BCUT2D eigenvalue weighted by molar-refractivity contribution is 7.92. The van der Waals surface area contributed by atoms with Crippen LogP contribution in [0, 0.1) is 11.3 Å². The highest BCUT2D eigenvalue weighted by Crippen LogP contribution is 2.20. The van der Waals surface area contributed by atoms with E-state index < -0.39 is 9.84 Å². The maximum Gasteiger partial charge on any atom is 0.154 e. The summed E-state index contributed by atoms with van der Waals surface area (Å²) in [5.74, 6) is 0.851. The summed E-state index contributed by atoms with van der Waals surface area (Å²) in [6, 6.07) is 7.42. The van der Waals surface area contributed by atoms with Gasteiger partial charge in [0.2, 0.25) is 0 Å². The second-order valence-electron chi connectivity index (χ2n) is 4.91. The van der Waals surface area contributed by atoms with E-state index in [2.05, 4.69) is 11.4 Å². The van der Waals surface area contributed by atoms with Crippen molar-refractivity contribution in [2.24, 2.45) is 0 Å². The third-order valence-electron chi connectivity index (χ3n) is 3.55. The number of ether oxygens (including phenoxy) is 1. The molecule has 1 aliphatic rings. The lowest BCUT2D eigenvalue weighted by Crippen LogP contribution is -2.30. The van der Waals surface area contributed by atoms with E-state index in [1.54, 1.807) is 12.1 Å². The minimum atomic E-state index is -2.90. The maximum absolute atomic E-state index is 11.7. The first-order chi connectivity index (χ1) is 9.56. The second-order valence-corrected chi connectivity index (χ2v) is 7.31. The van der Waals surface area contributed by atoms with Crippen LogP contribution >= 0.6 is 0 Å². The van der Waals surface area contributed by atoms with Crippen molar-refractivity contribution in [2.75, 3.05) is 19.4 Å². The summed E-state index contributed by atoms with van der Waals surface area (Å²) in [7, 11) is -1.37. The molecule has 1 N–H and O–H groups in total. The van der Waals surface area contributed by atoms with Crippen LogP contribution in [-0.4, -0.2) is 33.1 Å². The van der Waals surface area contributed by atoms with Crippen LogP contribution in [0.2, 0.25) is 0 Å². The minimum Gasteiger partial charge on any atom is -0.495 e. The molecule has 20 heavy (non-hydrogen) atoms. The fourth-order valence-electron chi connectivity index (χ4n) is 2.40. The van der Waals surface area contributed by atoms with Crippen molar-refractivity contribution in [3.05, 3.63) is 29.3 Å². The van der Waals surface area contributed by atoms with Gasteiger partial charge in [-0.25, -0.2) is 8.42 Å². The predicted octanol–water partition coefficient (Wildman–Crippen LogP) is 1.23. The van der Waals surface area contributed by atoms with E-state index in [1.807, 2.05) is 6.07 Å². The molecule has 5 nitrogen and oxygen atoms in total. The van der Waals surface area contributed by atoms with Gasteiger partial charge in [0.1, 0.15) is 11.8 Å². The largest absolute Gasteiger partial charge is 0.495 e. The third kappa shape index (κ3) is 3.30. The molecule has 0 amide bonds. The zero-order chi connectivity index (χ0) is 14.6. The van der Waals surface area contributed by atoms with Crippen LogP contribution in [0.15, 0.2) is 18.2 Å². The Morgan fingerprint density at radius 3 is 2.90 bits per heavy atom. The SMILES string of the molecule is COc1cc(CNCC2CCCS2(=O)=O)ccc1C#N. The maximum atomic E-state index is 11.7. The third-order valence-corrected chi connectivity index (χ3v) is 5.83. The van der Waals surface area contributed by atoms with Crippen LogP contribution < -0.4 is 10.1 Å². The van der Waals surface area contributed by atoms with Crippen LogP contribution in [0.25, 0.3) is 0 Å². The van der Waals surface area contributed by atoms with Gasteiger partial charge in [0.25, 0.3) is 0 Å². The molecule has 0 bridgehead atoms. The summed E-state index contributed by atoms with van der Waals surface area (Å²) in [6.07, 6.45) is 1.51. The van der Waals surface area contributed by atoms with Crippen molar-refractivity contribution in [2.45, 2.75) is 24.6 Å². The molecule has 0 spiro atoms. The number of hydrogen-bond donors (Lipinski definition) is 1. The average molecular weight is 294 g/mol. The smallest absolute Gasteiger partial charge is 0.154 e. The molecule has 1 heterocycles. The molecule has 1 unspecified atom stereocenters. The van der Waals surface area contributed by atoms with Gasteiger partial charge in [-0.2, -0.15) is 5.26 Å². The lowest BCUT2D eigenvalue weighted by atomic mass is 10.1. The Morgan fingerprint density at radius 1 is 1.50 bits per heavy atom. The van der Waals surface area contributed by atoms with E-state index in [4.69, 9.17) is 10.00 Å². The van der Waals surface area contributed by atoms with Crippen LogP contribution in [-0.2, 0) is 16.4 Å². The van der Waals surface area contributed by atoms with Crippen molar-refractivity contribution in [3.8, 4) is 11.8 Å². The monoisotopic (exact) mass is 294 g/mol. The Kier molecular flexibility index (Phi) is 4.63. The number of benzene rings is 1. The van der Waals surface area contributed by atoms with Gasteiger partial charge in [0.05, 0.1) is 23.7 Å². The van der Waals surface area contributed by atoms with Gasteiger partial charge in [-0.1, -0.05) is 6.07 Å². The highest BCUT2D eigenvalue weighted by atomic mass is 32.2. The highest BCUT2D eigenvalue weighted by Gasteiger charge is 2.30. The Hall–Kier alpha value is -1.58. The average Bonchev–Trinajstić information content (AvgIpc) is 2.78. The summed E-state index contributed by atoms with van der Waals surface area (Å²) in [5.41, 5.74) is 1.46. The van der Waals surface area contributed by atoms with Gasteiger partial charge in [-0.3, -0.25) is 0 Å². The summed E-state index contributed by atoms with van der Waals surface area (Å²) in [6.45, 7) is 1.04. The van der Waals surface area contributed by atoms with Crippen LogP contribution in [0.1, 0.15) is 24.0 Å². The van der Waals surface area contributed by atoms with Gasteiger partial charge >= 0.3 is 0 Å². The van der Waals surface area contributed by atoms with E-state index in [9.17, 15) is 8.42 Å². The molecule has 108 valence electrons. The fraction of sp³-hybridized carbons (Fsp3) is 0.500. The van der Waals surface area contributed by atoms with Crippen molar-refractivity contribution in [1.82, 2.24) is 5.32 Å². The fourth-order valence-corrected chi connectivity index (χ4v) is 4.20. The van der Waals surface area contributed by atoms with E-state index in [-0.39, 0.29) is 5.25 Å². The van der Waals surface area contributed by atoms with Gasteiger partial charge in [0.15, 0.2) is 9.84 Å². The molecule has 1 saturated heterocycles. The van der Waals surface area contributed by atoms with Gasteiger partial charge in [0, 0.05) is 13.1 Å². The quantitative estimate of drug-likeness (QED) is 0.883. The lowest BCUT2D eigenvalue weighted by Gasteiger charge is -2.11. The number of rotatable bonds is 5. The first-order valence-electron chi connectivity index (χ1n) is 6.56. The molecule has 6 heteroatoms. The van der Waals surface area contributed by atoms with Crippen molar-refractivity contribution in [3.63, 3.8) is 0 Å². The molecule has 2 rings (SSSR count). The molecule has 1 fully saturated rings. The first-order valence-corrected chi connectivity index (χ1v) is 8.27. The molecule has 1 aromatic carbocycles. The molecule has 0 radical (unpaired) electrons. The van der Waals surface area contributed by atoms with Crippen molar-refractivity contribution >= 4 is 9.84 Å². The molecular formula is C14H18N2O3S. The van der Waals surface area contributed by atoms with E-state index in [1.165, 1.54) is 7.11 Å². The number of sulfone groups is 1. The molecule has 1 aliphatic heterocycles. The van der Waals surface area contributed by atoms with Crippen LogP contribution in [0.5, 0.6) is 5.75 Å². The normalized spacial score (nSPS) is 20.5. The molecule has 1 aromatic rings. The van der Waals surface area contributed by atoms with Gasteiger partial charge in [-0.05, 0) is 30.5 Å². The second kappa shape index (κ2) is 6.25. The topological polar surface area (TPSA) is 79.2 Å². The Balaban J connectivity index is 1.93. The van der Waals surface area contributed by atoms with Crippen molar-refractivity contribution < 1.29 is 13.2 Å². The summed E-state index contributed by atoms with van der Waals surface area (Å²) in [5, 5.41) is 11.8. The number of nitrogens with zero attached hydrogens (tertiary/aromatic N) is 1. The first kappa shape index (κ1) is 14.8. The minimum absolute atomic E-state index is 0.261. The van der Waals surface area contributed by atoms with E-state index in [0.29, 0.717) is 30.2 Å². The summed E-state index contributed by atoms with van der Waals surface area (Å²) in [4.78, 5) is 0. The molecule has 0 aromatic heterocycles. The zero-order valence-electron chi connectivity index (χ0n) is 11.4. The molecule has 1 atom stereocenters. The van der Waals surface area contributed by atoms with Crippen LogP contribution in [0.4, 0.5) is 0 Å². The summed E-state index contributed by atoms with van der Waals surface area (Å²) < 4.78 is 28.5. The Bertz CT molecular complexity index is 620. The Labute approximate surface area is 119 Å². The van der Waals surface area contributed by atoms with E-state index in [0.717, 1.165) is 18.4 Å².